The summed E-state index contributed by atoms with van der Waals surface area (Å²) in [7, 11) is -1.21. The van der Waals surface area contributed by atoms with E-state index in [4.69, 9.17) is 9.47 Å². The Morgan fingerprint density at radius 2 is 2.04 bits per heavy atom. The van der Waals surface area contributed by atoms with Crippen LogP contribution in [-0.2, 0) is 10.8 Å². The lowest BCUT2D eigenvalue weighted by Crippen LogP contribution is -2.31. The highest BCUT2D eigenvalue weighted by molar-refractivity contribution is 7.92. The largest absolute Gasteiger partial charge is 0.484 e. The van der Waals surface area contributed by atoms with Crippen LogP contribution in [-0.4, -0.2) is 16.9 Å². The van der Waals surface area contributed by atoms with E-state index in [1.54, 1.807) is 5.41 Å². The fourth-order valence-electron chi connectivity index (χ4n) is 2.84. The molecule has 0 amide bonds. The Kier molecular flexibility index (Phi) is 6.32. The molecule has 25 heavy (non-hydrogen) atoms. The third-order valence-electron chi connectivity index (χ3n) is 4.18. The zero-order valence-corrected chi connectivity index (χ0v) is 16.2. The van der Waals surface area contributed by atoms with Crippen LogP contribution < -0.4 is 18.5 Å². The lowest BCUT2D eigenvalue weighted by atomic mass is 10.1. The standard InChI is InChI=1S/C20H24O3S2/c1-3-4-5-7-10-16-13-22-20-18(24-15(2)19(20)23-16)14-25(21)17-11-8-6-9-12-17/h6,8-9,11-12,14,16H,2-5,7,10,13H2,1H3/b18-14+. The maximum atomic E-state index is 12.5. The lowest BCUT2D eigenvalue weighted by Gasteiger charge is -2.24. The van der Waals surface area contributed by atoms with Crippen LogP contribution in [0.2, 0.25) is 0 Å². The van der Waals surface area contributed by atoms with Gasteiger partial charge in [-0.2, -0.15) is 0 Å². The van der Waals surface area contributed by atoms with Gasteiger partial charge in [-0.1, -0.05) is 51.0 Å². The first kappa shape index (κ1) is 18.2. The van der Waals surface area contributed by atoms with E-state index in [1.807, 2.05) is 30.3 Å². The topological polar surface area (TPSA) is 35.5 Å². The van der Waals surface area contributed by atoms with E-state index < -0.39 is 10.8 Å². The fourth-order valence-corrected chi connectivity index (χ4v) is 4.90. The molecule has 2 unspecified atom stereocenters. The van der Waals surface area contributed by atoms with E-state index in [1.165, 1.54) is 30.6 Å². The summed E-state index contributed by atoms with van der Waals surface area (Å²) in [4.78, 5) is 0.779. The smallest absolute Gasteiger partial charge is 0.180 e. The summed E-state index contributed by atoms with van der Waals surface area (Å²) in [5, 5.41) is 1.73. The number of hydrogen-bond acceptors (Lipinski definition) is 4. The summed E-state index contributed by atoms with van der Waals surface area (Å²) in [6, 6.07) is 9.42. The first-order valence-corrected chi connectivity index (χ1v) is 10.8. The van der Waals surface area contributed by atoms with Crippen LogP contribution in [0.1, 0.15) is 39.0 Å². The molecule has 0 N–H and O–H groups in total. The molecular weight excluding hydrogens is 352 g/mol. The quantitative estimate of drug-likeness (QED) is 0.689. The first-order valence-electron chi connectivity index (χ1n) is 8.77. The molecule has 0 saturated carbocycles. The van der Waals surface area contributed by atoms with E-state index >= 15 is 0 Å². The molecule has 1 aromatic carbocycles. The second-order valence-electron chi connectivity index (χ2n) is 6.18. The third kappa shape index (κ3) is 4.53. The van der Waals surface area contributed by atoms with Gasteiger partial charge >= 0.3 is 0 Å². The summed E-state index contributed by atoms with van der Waals surface area (Å²) >= 11 is 1.48. The van der Waals surface area contributed by atoms with E-state index in [0.717, 1.165) is 32.6 Å². The van der Waals surface area contributed by atoms with E-state index in [9.17, 15) is 4.21 Å². The highest BCUT2D eigenvalue weighted by Crippen LogP contribution is 2.28. The Morgan fingerprint density at radius 3 is 2.80 bits per heavy atom. The third-order valence-corrected chi connectivity index (χ3v) is 6.47. The van der Waals surface area contributed by atoms with Crippen molar-refractivity contribution in [2.24, 2.45) is 0 Å². The SMILES string of the molecule is C=c1s/c(=C/S(=O)c2ccccc2)c2c1OC(CCCCCC)CO2. The lowest BCUT2D eigenvalue weighted by molar-refractivity contribution is 0.0825. The highest BCUT2D eigenvalue weighted by atomic mass is 32.2. The minimum absolute atomic E-state index is 0.0897. The molecule has 1 aromatic heterocycles. The summed E-state index contributed by atoms with van der Waals surface area (Å²) in [5.41, 5.74) is 0. The molecule has 0 fully saturated rings. The maximum absolute atomic E-state index is 12.5. The molecular formula is C20H24O3S2. The highest BCUT2D eigenvalue weighted by Gasteiger charge is 2.24. The van der Waals surface area contributed by atoms with Crippen molar-refractivity contribution in [1.29, 1.82) is 0 Å². The molecule has 0 spiro atoms. The Balaban J connectivity index is 1.75. The summed E-state index contributed by atoms with van der Waals surface area (Å²) in [5.74, 6) is 1.43. The summed E-state index contributed by atoms with van der Waals surface area (Å²) in [6.07, 6.45) is 5.99. The van der Waals surface area contributed by atoms with Crippen LogP contribution in [0.15, 0.2) is 35.2 Å². The van der Waals surface area contributed by atoms with Crippen molar-refractivity contribution in [2.45, 2.75) is 50.0 Å². The van der Waals surface area contributed by atoms with Gasteiger partial charge in [-0.3, -0.25) is 0 Å². The van der Waals surface area contributed by atoms with Gasteiger partial charge < -0.3 is 9.47 Å². The number of ether oxygens (including phenoxy) is 2. The van der Waals surface area contributed by atoms with Crippen LogP contribution >= 0.6 is 11.3 Å². The Hall–Kier alpha value is -1.59. The van der Waals surface area contributed by atoms with Gasteiger partial charge in [0, 0.05) is 10.3 Å². The van der Waals surface area contributed by atoms with Crippen LogP contribution in [0.3, 0.4) is 0 Å². The van der Waals surface area contributed by atoms with Crippen molar-refractivity contribution >= 4 is 34.1 Å². The van der Waals surface area contributed by atoms with Gasteiger partial charge in [-0.25, -0.2) is 4.21 Å². The van der Waals surface area contributed by atoms with E-state index in [2.05, 4.69) is 13.5 Å². The van der Waals surface area contributed by atoms with Gasteiger partial charge in [0.25, 0.3) is 0 Å². The second kappa shape index (κ2) is 8.68. The minimum Gasteiger partial charge on any atom is -0.484 e. The molecule has 0 bridgehead atoms. The average molecular weight is 377 g/mol. The van der Waals surface area contributed by atoms with Gasteiger partial charge in [0.2, 0.25) is 0 Å². The van der Waals surface area contributed by atoms with Crippen molar-refractivity contribution in [2.75, 3.05) is 6.61 Å². The predicted octanol–water partition coefficient (Wildman–Crippen LogP) is 3.81. The van der Waals surface area contributed by atoms with Crippen LogP contribution in [0.5, 0.6) is 11.5 Å². The zero-order valence-electron chi connectivity index (χ0n) is 14.5. The van der Waals surface area contributed by atoms with Crippen molar-refractivity contribution in [3.63, 3.8) is 0 Å². The van der Waals surface area contributed by atoms with Crippen molar-refractivity contribution < 1.29 is 13.7 Å². The Bertz CT molecular complexity index is 827. The van der Waals surface area contributed by atoms with Crippen molar-refractivity contribution in [1.82, 2.24) is 0 Å². The molecule has 134 valence electrons. The van der Waals surface area contributed by atoms with Crippen LogP contribution in [0, 0.1) is 0 Å². The number of fused-ring (bicyclic) bond motifs is 1. The van der Waals surface area contributed by atoms with Gasteiger partial charge in [0.1, 0.15) is 12.7 Å². The number of rotatable bonds is 7. The monoisotopic (exact) mass is 376 g/mol. The van der Waals surface area contributed by atoms with Crippen molar-refractivity contribution in [3.05, 3.63) is 39.4 Å². The van der Waals surface area contributed by atoms with Crippen molar-refractivity contribution in [3.8, 4) is 11.5 Å². The molecule has 1 aliphatic heterocycles. The maximum Gasteiger partial charge on any atom is 0.180 e. The number of hydrogen-bond donors (Lipinski definition) is 0. The molecule has 5 heteroatoms. The van der Waals surface area contributed by atoms with Gasteiger partial charge in [-0.15, -0.1) is 11.3 Å². The molecule has 2 atom stereocenters. The van der Waals surface area contributed by atoms with Crippen LogP contribution in [0.4, 0.5) is 0 Å². The van der Waals surface area contributed by atoms with Gasteiger partial charge in [-0.05, 0) is 25.0 Å². The molecule has 1 aliphatic rings. The fraction of sp³-hybridized carbons (Fsp3) is 0.400. The predicted molar refractivity (Wildman–Crippen MR) is 105 cm³/mol. The first-order chi connectivity index (χ1) is 12.2. The number of thiophene rings is 1. The molecule has 0 radical (unpaired) electrons. The normalized spacial score (nSPS) is 18.3. The zero-order chi connectivity index (χ0) is 17.6. The average Bonchev–Trinajstić information content (AvgIpc) is 2.95. The Labute approximate surface area is 155 Å². The second-order valence-corrected chi connectivity index (χ2v) is 8.61. The van der Waals surface area contributed by atoms with E-state index in [-0.39, 0.29) is 6.10 Å². The summed E-state index contributed by atoms with van der Waals surface area (Å²) in [6.45, 7) is 6.84. The number of unbranched alkanes of at least 4 members (excludes halogenated alkanes) is 3. The molecule has 3 nitrogen and oxygen atoms in total. The minimum atomic E-state index is -1.21. The van der Waals surface area contributed by atoms with Gasteiger partial charge in [0.05, 0.1) is 19.9 Å². The van der Waals surface area contributed by atoms with E-state index in [0.29, 0.717) is 12.4 Å². The molecule has 3 rings (SSSR count). The molecule has 0 aliphatic carbocycles. The molecule has 2 aromatic rings. The molecule has 2 heterocycles. The summed E-state index contributed by atoms with van der Waals surface area (Å²) < 4.78 is 26.3. The number of benzene rings is 1. The molecule has 0 saturated heterocycles. The van der Waals surface area contributed by atoms with Gasteiger partial charge in [0.15, 0.2) is 11.5 Å². The van der Waals surface area contributed by atoms with Crippen LogP contribution in [0.25, 0.3) is 12.0 Å². The Morgan fingerprint density at radius 1 is 1.24 bits per heavy atom.